The van der Waals surface area contributed by atoms with E-state index in [-0.39, 0.29) is 5.97 Å². The molecule has 0 aliphatic heterocycles. The van der Waals surface area contributed by atoms with Crippen molar-refractivity contribution < 1.29 is 9.53 Å². The van der Waals surface area contributed by atoms with Crippen molar-refractivity contribution in [2.45, 2.75) is 129 Å². The van der Waals surface area contributed by atoms with Crippen molar-refractivity contribution in [2.75, 3.05) is 0 Å². The molecule has 2 aromatic rings. The van der Waals surface area contributed by atoms with Crippen molar-refractivity contribution in [3.05, 3.63) is 48.2 Å². The Labute approximate surface area is 215 Å². The van der Waals surface area contributed by atoms with Crippen LogP contribution in [0.2, 0.25) is 0 Å². The van der Waals surface area contributed by atoms with Gasteiger partial charge in [0.25, 0.3) is 0 Å². The highest BCUT2D eigenvalue weighted by Gasteiger charge is 2.06. The van der Waals surface area contributed by atoms with Crippen molar-refractivity contribution >= 4 is 5.97 Å². The third-order valence-electron chi connectivity index (χ3n) is 6.76. The summed E-state index contributed by atoms with van der Waals surface area (Å²) in [6, 6.07) is 12.0. The zero-order chi connectivity index (χ0) is 25.0. The molecular weight excluding hydrogens is 430 g/mol. The Hall–Kier alpha value is -2.16. The lowest BCUT2D eigenvalue weighted by molar-refractivity contribution is -0.134. The van der Waals surface area contributed by atoms with Crippen LogP contribution in [0.15, 0.2) is 42.6 Å². The number of unbranched alkanes of at least 4 members (excludes halogenated alkanes) is 14. The van der Waals surface area contributed by atoms with E-state index in [4.69, 9.17) is 4.74 Å². The van der Waals surface area contributed by atoms with E-state index < -0.39 is 0 Å². The van der Waals surface area contributed by atoms with Gasteiger partial charge in [-0.15, -0.1) is 0 Å². The van der Waals surface area contributed by atoms with Gasteiger partial charge in [-0.2, -0.15) is 0 Å². The fourth-order valence-corrected chi connectivity index (χ4v) is 4.49. The van der Waals surface area contributed by atoms with Gasteiger partial charge in [0.1, 0.15) is 5.75 Å². The summed E-state index contributed by atoms with van der Waals surface area (Å²) in [5, 5.41) is 0. The summed E-state index contributed by atoms with van der Waals surface area (Å²) in [6.07, 6.45) is 24.2. The lowest BCUT2D eigenvalue weighted by atomic mass is 10.0. The van der Waals surface area contributed by atoms with Crippen molar-refractivity contribution in [3.63, 3.8) is 0 Å². The first-order valence-electron chi connectivity index (χ1n) is 14.5. The van der Waals surface area contributed by atoms with Gasteiger partial charge in [-0.25, -0.2) is 0 Å². The normalized spacial score (nSPS) is 11.0. The molecule has 1 aromatic heterocycles. The Morgan fingerprint density at radius 2 is 1.20 bits per heavy atom. The van der Waals surface area contributed by atoms with Gasteiger partial charge in [-0.05, 0) is 55.2 Å². The van der Waals surface area contributed by atoms with Gasteiger partial charge in [0, 0.05) is 18.2 Å². The molecule has 3 nitrogen and oxygen atoms in total. The number of esters is 1. The van der Waals surface area contributed by atoms with Gasteiger partial charge in [0.05, 0.1) is 5.69 Å². The Bertz CT molecular complexity index is 782. The van der Waals surface area contributed by atoms with Gasteiger partial charge in [0.15, 0.2) is 0 Å². The molecule has 0 aliphatic carbocycles. The summed E-state index contributed by atoms with van der Waals surface area (Å²) in [5.74, 6) is 0.485. The second-order valence-corrected chi connectivity index (χ2v) is 10.00. The number of benzene rings is 1. The first-order valence-corrected chi connectivity index (χ1v) is 14.5. The lowest BCUT2D eigenvalue weighted by Crippen LogP contribution is -2.07. The molecule has 0 unspecified atom stereocenters. The highest BCUT2D eigenvalue weighted by atomic mass is 16.5. The van der Waals surface area contributed by atoms with Gasteiger partial charge in [-0.1, -0.05) is 110 Å². The third-order valence-corrected chi connectivity index (χ3v) is 6.76. The first kappa shape index (κ1) is 29.1. The second kappa shape index (κ2) is 19.1. The molecule has 0 aliphatic rings. The molecule has 0 spiro atoms. The van der Waals surface area contributed by atoms with Crippen LogP contribution >= 0.6 is 0 Å². The van der Waals surface area contributed by atoms with Crippen molar-refractivity contribution in [2.24, 2.45) is 0 Å². The Morgan fingerprint density at radius 1 is 0.657 bits per heavy atom. The van der Waals surface area contributed by atoms with E-state index in [0.29, 0.717) is 12.2 Å². The van der Waals surface area contributed by atoms with E-state index in [0.717, 1.165) is 30.5 Å². The fraction of sp³-hybridized carbons (Fsp3) is 0.625. The Morgan fingerprint density at radius 3 is 1.74 bits per heavy atom. The molecule has 194 valence electrons. The van der Waals surface area contributed by atoms with Gasteiger partial charge in [-0.3, -0.25) is 9.78 Å². The fourth-order valence-electron chi connectivity index (χ4n) is 4.49. The number of hydrogen-bond acceptors (Lipinski definition) is 3. The number of aromatic nitrogens is 1. The van der Waals surface area contributed by atoms with Gasteiger partial charge in [0.2, 0.25) is 0 Å². The second-order valence-electron chi connectivity index (χ2n) is 10.00. The van der Waals surface area contributed by atoms with Crippen LogP contribution in [-0.4, -0.2) is 11.0 Å². The van der Waals surface area contributed by atoms with Crippen LogP contribution < -0.4 is 4.74 Å². The number of pyridine rings is 1. The highest BCUT2D eigenvalue weighted by Crippen LogP contribution is 2.22. The van der Waals surface area contributed by atoms with Crippen LogP contribution in [-0.2, 0) is 11.2 Å². The molecule has 0 N–H and O–H groups in total. The minimum absolute atomic E-state index is 0.131. The molecule has 0 saturated carbocycles. The van der Waals surface area contributed by atoms with E-state index in [9.17, 15) is 4.79 Å². The SMILES string of the molecule is CCCCCCCCCCCC(=O)Oc1ccc(-c2ccc(CCCCCCCCC)cn2)cc1. The van der Waals surface area contributed by atoms with E-state index in [1.54, 1.807) is 0 Å². The Kier molecular flexibility index (Phi) is 15.8. The van der Waals surface area contributed by atoms with Crippen molar-refractivity contribution in [3.8, 4) is 17.0 Å². The van der Waals surface area contributed by atoms with Gasteiger partial charge >= 0.3 is 5.97 Å². The maximum atomic E-state index is 12.2. The van der Waals surface area contributed by atoms with Crippen LogP contribution in [0.1, 0.15) is 129 Å². The predicted octanol–water partition coefficient (Wildman–Crippen LogP) is 9.87. The maximum absolute atomic E-state index is 12.2. The molecule has 0 saturated heterocycles. The number of aryl methyl sites for hydroxylation is 1. The topological polar surface area (TPSA) is 39.2 Å². The predicted molar refractivity (Wildman–Crippen MR) is 149 cm³/mol. The van der Waals surface area contributed by atoms with Gasteiger partial charge < -0.3 is 4.74 Å². The molecule has 3 heteroatoms. The summed E-state index contributed by atoms with van der Waals surface area (Å²) < 4.78 is 5.52. The number of carbonyl (C=O) groups excluding carboxylic acids is 1. The minimum Gasteiger partial charge on any atom is -0.427 e. The number of nitrogens with zero attached hydrogens (tertiary/aromatic N) is 1. The third kappa shape index (κ3) is 13.5. The maximum Gasteiger partial charge on any atom is 0.311 e. The molecular formula is C32H49NO2. The standard InChI is InChI=1S/C32H49NO2/c1-3-5-7-9-11-12-14-16-18-20-32(34)35-30-24-22-29(23-25-30)31-26-21-28(27-33-31)19-17-15-13-10-8-6-4-2/h21-27H,3-20H2,1-2H3. The number of rotatable bonds is 20. The number of carbonyl (C=O) groups is 1. The van der Waals surface area contributed by atoms with Crippen molar-refractivity contribution in [1.82, 2.24) is 4.98 Å². The largest absolute Gasteiger partial charge is 0.427 e. The summed E-state index contributed by atoms with van der Waals surface area (Å²) >= 11 is 0. The highest BCUT2D eigenvalue weighted by molar-refractivity contribution is 5.72. The minimum atomic E-state index is -0.131. The van der Waals surface area contributed by atoms with E-state index in [2.05, 4.69) is 31.0 Å². The smallest absolute Gasteiger partial charge is 0.311 e. The molecule has 0 fully saturated rings. The van der Waals surface area contributed by atoms with E-state index >= 15 is 0 Å². The lowest BCUT2D eigenvalue weighted by Gasteiger charge is -2.07. The average Bonchev–Trinajstić information content (AvgIpc) is 2.88. The van der Waals surface area contributed by atoms with Crippen LogP contribution in [0.5, 0.6) is 5.75 Å². The molecule has 0 bridgehead atoms. The molecule has 0 atom stereocenters. The zero-order valence-electron chi connectivity index (χ0n) is 22.5. The summed E-state index contributed by atoms with van der Waals surface area (Å²) in [7, 11) is 0. The van der Waals surface area contributed by atoms with E-state index in [1.165, 1.54) is 95.5 Å². The van der Waals surface area contributed by atoms with Crippen LogP contribution in [0, 0.1) is 0 Å². The average molecular weight is 480 g/mol. The van der Waals surface area contributed by atoms with Crippen LogP contribution in [0.25, 0.3) is 11.3 Å². The molecule has 1 heterocycles. The molecule has 2 rings (SSSR count). The monoisotopic (exact) mass is 479 g/mol. The number of ether oxygens (including phenoxy) is 1. The summed E-state index contributed by atoms with van der Waals surface area (Å²) in [4.78, 5) is 16.8. The molecule has 0 amide bonds. The summed E-state index contributed by atoms with van der Waals surface area (Å²) in [5.41, 5.74) is 3.32. The van der Waals surface area contributed by atoms with Crippen LogP contribution in [0.3, 0.4) is 0 Å². The van der Waals surface area contributed by atoms with E-state index in [1.807, 2.05) is 30.5 Å². The van der Waals surface area contributed by atoms with Crippen LogP contribution in [0.4, 0.5) is 0 Å². The van der Waals surface area contributed by atoms with Crippen molar-refractivity contribution in [1.29, 1.82) is 0 Å². The summed E-state index contributed by atoms with van der Waals surface area (Å²) in [6.45, 7) is 4.51. The number of hydrogen-bond donors (Lipinski definition) is 0. The molecule has 1 aromatic carbocycles. The first-order chi connectivity index (χ1) is 17.2. The molecule has 0 radical (unpaired) electrons. The zero-order valence-corrected chi connectivity index (χ0v) is 22.5. The Balaban J connectivity index is 1.61. The molecule has 35 heavy (non-hydrogen) atoms. The quantitative estimate of drug-likeness (QED) is 0.108.